The molecular weight excluding hydrogens is 308 g/mol. The van der Waals surface area contributed by atoms with Gasteiger partial charge in [-0.2, -0.15) is 0 Å². The van der Waals surface area contributed by atoms with E-state index in [9.17, 15) is 0 Å². The Hall–Kier alpha value is -0.360. The minimum absolute atomic E-state index is 0.136. The summed E-state index contributed by atoms with van der Waals surface area (Å²) >= 11 is 3.52. The topological polar surface area (TPSA) is 51.6 Å². The van der Waals surface area contributed by atoms with Gasteiger partial charge < -0.3 is 14.9 Å². The minimum atomic E-state index is 0.136. The normalized spacial score (nSPS) is 22.6. The smallest absolute Gasteiger partial charge is 0.136 e. The molecule has 0 bridgehead atoms. The molecule has 0 radical (unpaired) electrons. The first kappa shape index (κ1) is 15.0. The van der Waals surface area contributed by atoms with Crippen LogP contribution in [0.2, 0.25) is 0 Å². The average molecular weight is 331 g/mol. The van der Waals surface area contributed by atoms with Gasteiger partial charge in [-0.25, -0.2) is 0 Å². The molecule has 1 saturated heterocycles. The van der Waals surface area contributed by atoms with Crippen LogP contribution in [0, 0.1) is 0 Å². The van der Waals surface area contributed by atoms with E-state index in [2.05, 4.69) is 27.8 Å². The lowest BCUT2D eigenvalue weighted by molar-refractivity contribution is -0.0144. The first-order chi connectivity index (χ1) is 9.26. The van der Waals surface area contributed by atoms with Crippen molar-refractivity contribution in [3.63, 3.8) is 0 Å². The standard InChI is InChI=1S/C14H23BrN2O2/c1-2-7-18-11-4-3-6-17(10-11)13(9-16)14-12(15)5-8-19-14/h5,8,11,13H,2-4,6-7,9-10,16H2,1H3. The Bertz CT molecular complexity index is 383. The van der Waals surface area contributed by atoms with Gasteiger partial charge in [-0.1, -0.05) is 6.92 Å². The molecule has 0 amide bonds. The van der Waals surface area contributed by atoms with Crippen molar-refractivity contribution in [1.29, 1.82) is 0 Å². The van der Waals surface area contributed by atoms with Crippen LogP contribution < -0.4 is 5.73 Å². The molecule has 4 nitrogen and oxygen atoms in total. The van der Waals surface area contributed by atoms with Crippen molar-refractivity contribution >= 4 is 15.9 Å². The number of hydrogen-bond donors (Lipinski definition) is 1. The fourth-order valence-electron chi connectivity index (χ4n) is 2.63. The zero-order valence-corrected chi connectivity index (χ0v) is 13.1. The summed E-state index contributed by atoms with van der Waals surface area (Å²) in [6, 6.07) is 2.06. The molecule has 1 aromatic rings. The van der Waals surface area contributed by atoms with Crippen molar-refractivity contribution in [3.8, 4) is 0 Å². The average Bonchev–Trinajstić information content (AvgIpc) is 2.84. The molecule has 2 heterocycles. The van der Waals surface area contributed by atoms with E-state index in [0.717, 1.165) is 49.2 Å². The first-order valence-corrected chi connectivity index (χ1v) is 7.84. The third kappa shape index (κ3) is 3.81. The van der Waals surface area contributed by atoms with Gasteiger partial charge in [0.2, 0.25) is 0 Å². The van der Waals surface area contributed by atoms with Gasteiger partial charge in [0.1, 0.15) is 5.76 Å². The number of rotatable bonds is 6. The van der Waals surface area contributed by atoms with Crippen LogP contribution in [0.3, 0.4) is 0 Å². The molecule has 19 heavy (non-hydrogen) atoms. The minimum Gasteiger partial charge on any atom is -0.466 e. The Labute approximate surface area is 123 Å². The lowest BCUT2D eigenvalue weighted by Gasteiger charge is -2.37. The molecule has 0 spiro atoms. The SMILES string of the molecule is CCCOC1CCCN(C(CN)c2occc2Br)C1. The quantitative estimate of drug-likeness (QED) is 0.871. The van der Waals surface area contributed by atoms with E-state index in [0.29, 0.717) is 12.6 Å². The molecule has 0 aromatic carbocycles. The van der Waals surface area contributed by atoms with Crippen molar-refractivity contribution in [2.75, 3.05) is 26.2 Å². The van der Waals surface area contributed by atoms with Crippen LogP contribution in [-0.2, 0) is 4.74 Å². The Morgan fingerprint density at radius 2 is 2.47 bits per heavy atom. The number of furan rings is 1. The highest BCUT2D eigenvalue weighted by molar-refractivity contribution is 9.10. The summed E-state index contributed by atoms with van der Waals surface area (Å²) in [7, 11) is 0. The van der Waals surface area contributed by atoms with Gasteiger partial charge in [-0.05, 0) is 47.8 Å². The van der Waals surface area contributed by atoms with E-state index in [-0.39, 0.29) is 6.04 Å². The Morgan fingerprint density at radius 3 is 3.11 bits per heavy atom. The van der Waals surface area contributed by atoms with Crippen molar-refractivity contribution in [2.24, 2.45) is 5.73 Å². The molecule has 2 rings (SSSR count). The van der Waals surface area contributed by atoms with Crippen LogP contribution in [0.25, 0.3) is 0 Å². The maximum absolute atomic E-state index is 5.95. The van der Waals surface area contributed by atoms with E-state index >= 15 is 0 Å². The second-order valence-corrected chi connectivity index (χ2v) is 5.87. The summed E-state index contributed by atoms with van der Waals surface area (Å²) in [5, 5.41) is 0. The third-order valence-corrected chi connectivity index (χ3v) is 4.23. The summed E-state index contributed by atoms with van der Waals surface area (Å²) in [4.78, 5) is 2.38. The molecule has 0 saturated carbocycles. The number of halogens is 1. The van der Waals surface area contributed by atoms with E-state index < -0.39 is 0 Å². The summed E-state index contributed by atoms with van der Waals surface area (Å²) in [5.41, 5.74) is 5.95. The van der Waals surface area contributed by atoms with Gasteiger partial charge >= 0.3 is 0 Å². The summed E-state index contributed by atoms with van der Waals surface area (Å²) in [6.07, 6.45) is 5.41. The van der Waals surface area contributed by atoms with E-state index in [1.54, 1.807) is 6.26 Å². The molecule has 5 heteroatoms. The first-order valence-electron chi connectivity index (χ1n) is 7.04. The molecular formula is C14H23BrN2O2. The van der Waals surface area contributed by atoms with Gasteiger partial charge in [-0.15, -0.1) is 0 Å². The van der Waals surface area contributed by atoms with Gasteiger partial charge in [0.25, 0.3) is 0 Å². The van der Waals surface area contributed by atoms with Gasteiger partial charge in [0, 0.05) is 19.7 Å². The highest BCUT2D eigenvalue weighted by atomic mass is 79.9. The van der Waals surface area contributed by atoms with E-state index in [1.807, 2.05) is 6.07 Å². The number of likely N-dealkylation sites (tertiary alicyclic amines) is 1. The summed E-state index contributed by atoms with van der Waals surface area (Å²) < 4.78 is 12.5. The maximum Gasteiger partial charge on any atom is 0.136 e. The molecule has 2 atom stereocenters. The van der Waals surface area contributed by atoms with Gasteiger partial charge in [-0.3, -0.25) is 4.90 Å². The number of piperidine rings is 1. The van der Waals surface area contributed by atoms with Crippen LogP contribution in [0.15, 0.2) is 21.2 Å². The van der Waals surface area contributed by atoms with Crippen LogP contribution in [0.1, 0.15) is 38.0 Å². The van der Waals surface area contributed by atoms with Crippen LogP contribution in [-0.4, -0.2) is 37.2 Å². The second kappa shape index (κ2) is 7.43. The number of hydrogen-bond acceptors (Lipinski definition) is 4. The Morgan fingerprint density at radius 1 is 1.63 bits per heavy atom. The summed E-state index contributed by atoms with van der Waals surface area (Å²) in [6.45, 7) is 5.54. The monoisotopic (exact) mass is 330 g/mol. The molecule has 0 aliphatic carbocycles. The molecule has 108 valence electrons. The van der Waals surface area contributed by atoms with E-state index in [4.69, 9.17) is 14.9 Å². The van der Waals surface area contributed by atoms with Crippen molar-refractivity contribution in [1.82, 2.24) is 4.90 Å². The summed E-state index contributed by atoms with van der Waals surface area (Å²) in [5.74, 6) is 0.929. The van der Waals surface area contributed by atoms with Crippen molar-refractivity contribution in [3.05, 3.63) is 22.6 Å². The highest BCUT2D eigenvalue weighted by Gasteiger charge is 2.29. The second-order valence-electron chi connectivity index (χ2n) is 5.01. The van der Waals surface area contributed by atoms with Crippen molar-refractivity contribution in [2.45, 2.75) is 38.3 Å². The molecule has 1 aliphatic heterocycles. The predicted molar refractivity (Wildman–Crippen MR) is 79.0 cm³/mol. The number of nitrogens with zero attached hydrogens (tertiary/aromatic N) is 1. The Balaban J connectivity index is 2.00. The molecule has 2 unspecified atom stereocenters. The fraction of sp³-hybridized carbons (Fsp3) is 0.714. The van der Waals surface area contributed by atoms with Gasteiger partial charge in [0.05, 0.1) is 22.9 Å². The third-order valence-electron chi connectivity index (χ3n) is 3.58. The van der Waals surface area contributed by atoms with Crippen LogP contribution in [0.5, 0.6) is 0 Å². The molecule has 1 aromatic heterocycles. The maximum atomic E-state index is 5.95. The van der Waals surface area contributed by atoms with Crippen LogP contribution in [0.4, 0.5) is 0 Å². The Kier molecular flexibility index (Phi) is 5.88. The zero-order valence-electron chi connectivity index (χ0n) is 11.5. The van der Waals surface area contributed by atoms with E-state index in [1.165, 1.54) is 0 Å². The highest BCUT2D eigenvalue weighted by Crippen LogP contribution is 2.30. The largest absolute Gasteiger partial charge is 0.466 e. The lowest BCUT2D eigenvalue weighted by Crippen LogP contribution is -2.44. The lowest BCUT2D eigenvalue weighted by atomic mass is 10.0. The molecule has 1 fully saturated rings. The zero-order chi connectivity index (χ0) is 13.7. The number of nitrogens with two attached hydrogens (primary N) is 1. The number of ether oxygens (including phenoxy) is 1. The van der Waals surface area contributed by atoms with Crippen LogP contribution >= 0.6 is 15.9 Å². The molecule has 1 aliphatic rings. The fourth-order valence-corrected chi connectivity index (χ4v) is 3.10. The molecule has 2 N–H and O–H groups in total. The van der Waals surface area contributed by atoms with Crippen molar-refractivity contribution < 1.29 is 9.15 Å². The predicted octanol–water partition coefficient (Wildman–Crippen LogP) is 2.93. The van der Waals surface area contributed by atoms with Gasteiger partial charge in [0.15, 0.2) is 0 Å².